The molecule has 0 aromatic heterocycles. The largest absolute Gasteiger partial charge is 0.426 e. The second kappa shape index (κ2) is 9.81. The predicted octanol–water partition coefficient (Wildman–Crippen LogP) is 8.35. The van der Waals surface area contributed by atoms with Gasteiger partial charge in [-0.25, -0.2) is 0 Å². The van der Waals surface area contributed by atoms with Gasteiger partial charge in [0.2, 0.25) is 0 Å². The fraction of sp³-hybridized carbons (Fsp3) is 0.757. The Morgan fingerprint density at radius 3 is 1.74 bits per heavy atom. The van der Waals surface area contributed by atoms with E-state index in [1.54, 1.807) is 6.07 Å². The van der Waals surface area contributed by atoms with Crippen LogP contribution in [0, 0.1) is 45.3 Å². The van der Waals surface area contributed by atoms with Gasteiger partial charge in [-0.3, -0.25) is 14.4 Å². The Hall–Kier alpha value is -2.37. The molecule has 0 bridgehead atoms. The van der Waals surface area contributed by atoms with Crippen molar-refractivity contribution < 1.29 is 28.6 Å². The second-order valence-electron chi connectivity index (χ2n) is 16.6. The number of carbonyl (C=O) groups excluding carboxylic acids is 3. The summed E-state index contributed by atoms with van der Waals surface area (Å²) in [5.74, 6) is 1.89. The van der Waals surface area contributed by atoms with Gasteiger partial charge in [0.25, 0.3) is 0 Å². The molecule has 5 aliphatic carbocycles. The SMILES string of the molecule is CC(=O)Oc1cc(OC(C)=O)c(OC(C)=O)c2c1CC1C2(C)CCC2C1(C)CCC1C3(C)CCCC(C)(C)C3CCC12C. The number of hydrogen-bond acceptors (Lipinski definition) is 6. The number of esters is 3. The van der Waals surface area contributed by atoms with Crippen LogP contribution in [0.1, 0.15) is 131 Å². The summed E-state index contributed by atoms with van der Waals surface area (Å²) >= 11 is 0. The molecule has 0 aliphatic heterocycles. The molecule has 1 aromatic carbocycles. The molecule has 8 unspecified atom stereocenters. The summed E-state index contributed by atoms with van der Waals surface area (Å²) in [5.41, 5.74) is 2.66. The molecule has 6 heteroatoms. The Balaban J connectivity index is 1.45. The summed E-state index contributed by atoms with van der Waals surface area (Å²) in [5, 5.41) is 0. The molecule has 236 valence electrons. The zero-order chi connectivity index (χ0) is 31.3. The molecule has 4 saturated carbocycles. The fourth-order valence-electron chi connectivity index (χ4n) is 12.7. The third-order valence-electron chi connectivity index (χ3n) is 14.0. The van der Waals surface area contributed by atoms with Crippen LogP contribution in [0.5, 0.6) is 17.2 Å². The summed E-state index contributed by atoms with van der Waals surface area (Å²) in [7, 11) is 0. The van der Waals surface area contributed by atoms with E-state index in [9.17, 15) is 14.4 Å². The van der Waals surface area contributed by atoms with E-state index in [2.05, 4.69) is 41.5 Å². The predicted molar refractivity (Wildman–Crippen MR) is 165 cm³/mol. The van der Waals surface area contributed by atoms with Crippen LogP contribution in [0.3, 0.4) is 0 Å². The molecule has 0 spiro atoms. The Labute approximate surface area is 258 Å². The molecular formula is C37H52O6. The molecule has 5 aliphatic rings. The summed E-state index contributed by atoms with van der Waals surface area (Å²) in [6.07, 6.45) is 11.9. The topological polar surface area (TPSA) is 78.9 Å². The van der Waals surface area contributed by atoms with E-state index in [1.807, 2.05) is 0 Å². The zero-order valence-corrected chi connectivity index (χ0v) is 27.9. The van der Waals surface area contributed by atoms with Crippen molar-refractivity contribution in [2.24, 2.45) is 45.3 Å². The number of benzene rings is 1. The first-order chi connectivity index (χ1) is 20.0. The maximum atomic E-state index is 12.4. The van der Waals surface area contributed by atoms with Crippen LogP contribution in [0.4, 0.5) is 0 Å². The van der Waals surface area contributed by atoms with Crippen molar-refractivity contribution in [3.63, 3.8) is 0 Å². The summed E-state index contributed by atoms with van der Waals surface area (Å²) in [4.78, 5) is 36.8. The average molecular weight is 593 g/mol. The highest BCUT2D eigenvalue weighted by atomic mass is 16.6. The third-order valence-corrected chi connectivity index (χ3v) is 14.0. The van der Waals surface area contributed by atoms with Crippen LogP contribution in [-0.4, -0.2) is 17.9 Å². The highest BCUT2D eigenvalue weighted by molar-refractivity contribution is 5.78. The Bertz CT molecular complexity index is 1380. The normalized spacial score (nSPS) is 40.6. The lowest BCUT2D eigenvalue weighted by molar-refractivity contribution is -0.216. The summed E-state index contributed by atoms with van der Waals surface area (Å²) < 4.78 is 17.3. The van der Waals surface area contributed by atoms with E-state index in [-0.39, 0.29) is 27.9 Å². The molecule has 0 saturated heterocycles. The molecule has 6 rings (SSSR count). The number of fused-ring (bicyclic) bond motifs is 9. The molecule has 8 atom stereocenters. The van der Waals surface area contributed by atoms with Crippen molar-refractivity contribution in [3.05, 3.63) is 17.2 Å². The van der Waals surface area contributed by atoms with E-state index in [0.717, 1.165) is 42.2 Å². The quantitative estimate of drug-likeness (QED) is 0.259. The summed E-state index contributed by atoms with van der Waals surface area (Å²) in [6.45, 7) is 19.3. The van der Waals surface area contributed by atoms with Gasteiger partial charge >= 0.3 is 17.9 Å². The van der Waals surface area contributed by atoms with Crippen molar-refractivity contribution in [2.45, 2.75) is 132 Å². The van der Waals surface area contributed by atoms with Gasteiger partial charge in [-0.05, 0) is 103 Å². The van der Waals surface area contributed by atoms with Gasteiger partial charge in [-0.15, -0.1) is 0 Å². The van der Waals surface area contributed by atoms with E-state index in [4.69, 9.17) is 14.2 Å². The zero-order valence-electron chi connectivity index (χ0n) is 27.9. The highest BCUT2D eigenvalue weighted by Crippen LogP contribution is 2.76. The fourth-order valence-corrected chi connectivity index (χ4v) is 12.7. The number of hydrogen-bond donors (Lipinski definition) is 0. The lowest BCUT2D eigenvalue weighted by atomic mass is 9.34. The molecular weight excluding hydrogens is 540 g/mol. The van der Waals surface area contributed by atoms with Gasteiger partial charge in [0.05, 0.1) is 0 Å². The van der Waals surface area contributed by atoms with Crippen molar-refractivity contribution in [1.29, 1.82) is 0 Å². The van der Waals surface area contributed by atoms with Crippen LogP contribution < -0.4 is 14.2 Å². The van der Waals surface area contributed by atoms with Gasteiger partial charge in [0.15, 0.2) is 11.5 Å². The van der Waals surface area contributed by atoms with Gasteiger partial charge in [0.1, 0.15) is 5.75 Å². The highest BCUT2D eigenvalue weighted by Gasteiger charge is 2.69. The maximum Gasteiger partial charge on any atom is 0.308 e. The lowest BCUT2D eigenvalue weighted by Crippen LogP contribution is -2.64. The van der Waals surface area contributed by atoms with Gasteiger partial charge in [0, 0.05) is 43.4 Å². The summed E-state index contributed by atoms with van der Waals surface area (Å²) in [6, 6.07) is 1.57. The average Bonchev–Trinajstić information content (AvgIpc) is 3.19. The lowest BCUT2D eigenvalue weighted by Gasteiger charge is -2.71. The number of rotatable bonds is 3. The molecule has 1 aromatic rings. The molecule has 6 nitrogen and oxygen atoms in total. The minimum atomic E-state index is -0.515. The molecule has 4 fully saturated rings. The Morgan fingerprint density at radius 1 is 0.628 bits per heavy atom. The number of ether oxygens (including phenoxy) is 3. The Kier molecular flexibility index (Phi) is 6.99. The first kappa shape index (κ1) is 30.6. The van der Waals surface area contributed by atoms with Gasteiger partial charge < -0.3 is 14.2 Å². The minimum Gasteiger partial charge on any atom is -0.426 e. The molecule has 0 radical (unpaired) electrons. The van der Waals surface area contributed by atoms with E-state index < -0.39 is 17.9 Å². The molecule has 0 heterocycles. The first-order valence-corrected chi connectivity index (χ1v) is 16.7. The molecule has 0 amide bonds. The smallest absolute Gasteiger partial charge is 0.308 e. The monoisotopic (exact) mass is 592 g/mol. The van der Waals surface area contributed by atoms with E-state index in [1.165, 1.54) is 65.7 Å². The van der Waals surface area contributed by atoms with E-state index in [0.29, 0.717) is 28.2 Å². The first-order valence-electron chi connectivity index (χ1n) is 16.7. The Morgan fingerprint density at radius 2 is 1.14 bits per heavy atom. The van der Waals surface area contributed by atoms with Gasteiger partial charge in [-0.1, -0.05) is 48.0 Å². The van der Waals surface area contributed by atoms with Crippen LogP contribution in [-0.2, 0) is 26.2 Å². The van der Waals surface area contributed by atoms with E-state index >= 15 is 0 Å². The van der Waals surface area contributed by atoms with Crippen LogP contribution >= 0.6 is 0 Å². The van der Waals surface area contributed by atoms with Crippen molar-refractivity contribution in [2.75, 3.05) is 0 Å². The van der Waals surface area contributed by atoms with Crippen LogP contribution in [0.15, 0.2) is 6.07 Å². The van der Waals surface area contributed by atoms with Crippen molar-refractivity contribution in [3.8, 4) is 17.2 Å². The van der Waals surface area contributed by atoms with Crippen LogP contribution in [0.25, 0.3) is 0 Å². The third kappa shape index (κ3) is 4.35. The van der Waals surface area contributed by atoms with Crippen LogP contribution in [0.2, 0.25) is 0 Å². The van der Waals surface area contributed by atoms with Crippen molar-refractivity contribution >= 4 is 17.9 Å². The second-order valence-corrected chi connectivity index (χ2v) is 16.6. The maximum absolute atomic E-state index is 12.4. The van der Waals surface area contributed by atoms with Crippen molar-refractivity contribution in [1.82, 2.24) is 0 Å². The van der Waals surface area contributed by atoms with Gasteiger partial charge in [-0.2, -0.15) is 0 Å². The number of carbonyl (C=O) groups is 3. The molecule has 0 N–H and O–H groups in total. The molecule has 43 heavy (non-hydrogen) atoms. The minimum absolute atomic E-state index is 0.0766. The standard InChI is InChI=1S/C37H52O6/c1-21(38)41-25-20-26(42-22(2)39)32(43-23(3)40)31-24(25)19-30-36(8)17-12-28-34(6)15-10-14-33(4,5)27(34)11-16-35(28,7)29(36)13-18-37(30,31)9/h20,27-30H,10-19H2,1-9H3.